The van der Waals surface area contributed by atoms with Gasteiger partial charge in [0.25, 0.3) is 0 Å². The summed E-state index contributed by atoms with van der Waals surface area (Å²) in [6.07, 6.45) is 1.92. The molecule has 1 N–H and O–H groups in total. The van der Waals surface area contributed by atoms with E-state index < -0.39 is 0 Å². The van der Waals surface area contributed by atoms with Crippen LogP contribution in [0.15, 0.2) is 66.7 Å². The summed E-state index contributed by atoms with van der Waals surface area (Å²) in [4.78, 5) is 0. The van der Waals surface area contributed by atoms with Crippen LogP contribution < -0.4 is 19.5 Å². The van der Waals surface area contributed by atoms with Crippen LogP contribution in [0.3, 0.4) is 0 Å². The van der Waals surface area contributed by atoms with Crippen LogP contribution >= 0.6 is 0 Å². The van der Waals surface area contributed by atoms with Crippen LogP contribution in [0.25, 0.3) is 0 Å². The van der Waals surface area contributed by atoms with Crippen molar-refractivity contribution < 1.29 is 14.2 Å². The second-order valence-corrected chi connectivity index (χ2v) is 7.29. The summed E-state index contributed by atoms with van der Waals surface area (Å²) in [5, 5.41) is 3.65. The predicted octanol–water partition coefficient (Wildman–Crippen LogP) is 4.71. The van der Waals surface area contributed by atoms with Gasteiger partial charge in [-0.15, -0.1) is 0 Å². The average molecular weight is 389 g/mol. The van der Waals surface area contributed by atoms with E-state index in [2.05, 4.69) is 53.8 Å². The fourth-order valence-electron chi connectivity index (χ4n) is 3.85. The molecule has 3 aromatic rings. The van der Waals surface area contributed by atoms with Gasteiger partial charge in [0.05, 0.1) is 14.2 Å². The highest BCUT2D eigenvalue weighted by Crippen LogP contribution is 2.36. The summed E-state index contributed by atoms with van der Waals surface area (Å²) in [5.74, 6) is 2.47. The molecule has 0 saturated heterocycles. The molecular weight excluding hydrogens is 362 g/mol. The number of fused-ring (bicyclic) bond motifs is 1. The summed E-state index contributed by atoms with van der Waals surface area (Å²) in [6.45, 7) is 1.55. The first-order valence-corrected chi connectivity index (χ1v) is 10.0. The molecule has 0 aromatic heterocycles. The van der Waals surface area contributed by atoms with Crippen LogP contribution in [0.4, 0.5) is 0 Å². The number of hydrogen-bond acceptors (Lipinski definition) is 4. The molecule has 0 spiro atoms. The second kappa shape index (κ2) is 9.01. The van der Waals surface area contributed by atoms with Crippen molar-refractivity contribution in [2.24, 2.45) is 0 Å². The van der Waals surface area contributed by atoms with Crippen LogP contribution in [-0.2, 0) is 19.4 Å². The molecule has 3 aromatic carbocycles. The Hall–Kier alpha value is -2.98. The first-order valence-electron chi connectivity index (χ1n) is 10.0. The first-order chi connectivity index (χ1) is 14.3. The zero-order valence-corrected chi connectivity index (χ0v) is 17.0. The smallest absolute Gasteiger partial charge is 0.161 e. The zero-order chi connectivity index (χ0) is 20.1. The van der Waals surface area contributed by atoms with Gasteiger partial charge in [-0.05, 0) is 65.9 Å². The van der Waals surface area contributed by atoms with E-state index in [4.69, 9.17) is 14.2 Å². The Morgan fingerprint density at radius 2 is 1.59 bits per heavy atom. The van der Waals surface area contributed by atoms with Crippen molar-refractivity contribution in [3.05, 3.63) is 89.0 Å². The van der Waals surface area contributed by atoms with Gasteiger partial charge < -0.3 is 19.5 Å². The molecule has 0 unspecified atom stereocenters. The van der Waals surface area contributed by atoms with Gasteiger partial charge >= 0.3 is 0 Å². The number of hydrogen-bond donors (Lipinski definition) is 1. The molecule has 150 valence electrons. The normalized spacial score (nSPS) is 15.4. The van der Waals surface area contributed by atoms with E-state index >= 15 is 0 Å². The molecular formula is C25H27NO3. The molecule has 0 amide bonds. The minimum absolute atomic E-state index is 0.259. The third-order valence-corrected chi connectivity index (χ3v) is 5.42. The third-order valence-electron chi connectivity index (χ3n) is 5.42. The fourth-order valence-corrected chi connectivity index (χ4v) is 3.85. The maximum Gasteiger partial charge on any atom is 0.161 e. The Morgan fingerprint density at radius 1 is 0.862 bits per heavy atom. The minimum atomic E-state index is 0.259. The summed E-state index contributed by atoms with van der Waals surface area (Å²) in [6, 6.07) is 23.1. The number of benzene rings is 3. The lowest BCUT2D eigenvalue weighted by Crippen LogP contribution is -2.31. The number of nitrogens with one attached hydrogen (secondary N) is 1. The number of rotatable bonds is 7. The van der Waals surface area contributed by atoms with Gasteiger partial charge in [0, 0.05) is 6.04 Å². The minimum Gasteiger partial charge on any atom is -0.493 e. The van der Waals surface area contributed by atoms with Gasteiger partial charge in [-0.2, -0.15) is 0 Å². The molecule has 1 aliphatic rings. The largest absolute Gasteiger partial charge is 0.493 e. The summed E-state index contributed by atoms with van der Waals surface area (Å²) in [7, 11) is 3.37. The highest BCUT2D eigenvalue weighted by molar-refractivity contribution is 5.49. The van der Waals surface area contributed by atoms with Crippen LogP contribution in [0.1, 0.15) is 28.3 Å². The maximum atomic E-state index is 5.90. The van der Waals surface area contributed by atoms with E-state index in [1.807, 2.05) is 18.2 Å². The van der Waals surface area contributed by atoms with E-state index in [-0.39, 0.29) is 6.04 Å². The molecule has 1 atom stereocenters. The molecule has 4 nitrogen and oxygen atoms in total. The van der Waals surface area contributed by atoms with Gasteiger partial charge in [0.15, 0.2) is 11.5 Å². The summed E-state index contributed by atoms with van der Waals surface area (Å²) < 4.78 is 16.9. The molecule has 0 saturated carbocycles. The summed E-state index contributed by atoms with van der Waals surface area (Å²) >= 11 is 0. The lowest BCUT2D eigenvalue weighted by Gasteiger charge is -2.28. The molecule has 1 heterocycles. The van der Waals surface area contributed by atoms with Crippen molar-refractivity contribution >= 4 is 0 Å². The Kier molecular flexibility index (Phi) is 6.01. The Labute approximate surface area is 172 Å². The van der Waals surface area contributed by atoms with Gasteiger partial charge in [-0.25, -0.2) is 0 Å². The van der Waals surface area contributed by atoms with Crippen molar-refractivity contribution in [2.45, 2.75) is 25.5 Å². The Morgan fingerprint density at radius 3 is 2.31 bits per heavy atom. The lowest BCUT2D eigenvalue weighted by molar-refractivity contribution is 0.306. The monoisotopic (exact) mass is 389 g/mol. The molecule has 29 heavy (non-hydrogen) atoms. The highest BCUT2D eigenvalue weighted by Gasteiger charge is 2.22. The van der Waals surface area contributed by atoms with Crippen LogP contribution in [0.5, 0.6) is 17.2 Å². The van der Waals surface area contributed by atoms with Gasteiger partial charge in [0.1, 0.15) is 12.4 Å². The van der Waals surface area contributed by atoms with Crippen molar-refractivity contribution in [2.75, 3.05) is 20.8 Å². The maximum absolute atomic E-state index is 5.90. The zero-order valence-electron chi connectivity index (χ0n) is 17.0. The van der Waals surface area contributed by atoms with E-state index in [1.54, 1.807) is 14.2 Å². The van der Waals surface area contributed by atoms with Crippen LogP contribution in [-0.4, -0.2) is 20.8 Å². The van der Waals surface area contributed by atoms with Crippen molar-refractivity contribution in [1.29, 1.82) is 0 Å². The SMILES string of the molecule is COc1cc2c(cc1OC)[C@H](Cc1ccc(OCc3ccccc3)cc1)NCC2. The molecule has 0 bridgehead atoms. The average Bonchev–Trinajstić information content (AvgIpc) is 2.78. The third kappa shape index (κ3) is 4.54. The van der Waals surface area contributed by atoms with Gasteiger partial charge in [-0.3, -0.25) is 0 Å². The molecule has 0 radical (unpaired) electrons. The highest BCUT2D eigenvalue weighted by atomic mass is 16.5. The number of ether oxygens (including phenoxy) is 3. The van der Waals surface area contributed by atoms with Crippen LogP contribution in [0.2, 0.25) is 0 Å². The Bertz CT molecular complexity index is 938. The van der Waals surface area contributed by atoms with Crippen LogP contribution in [0, 0.1) is 0 Å². The molecule has 4 rings (SSSR count). The van der Waals surface area contributed by atoms with Gasteiger partial charge in [0.2, 0.25) is 0 Å². The molecule has 4 heteroatoms. The van der Waals surface area contributed by atoms with Crippen molar-refractivity contribution in [1.82, 2.24) is 5.32 Å². The Balaban J connectivity index is 1.45. The van der Waals surface area contributed by atoms with E-state index in [1.165, 1.54) is 22.3 Å². The van der Waals surface area contributed by atoms with Crippen molar-refractivity contribution in [3.63, 3.8) is 0 Å². The lowest BCUT2D eigenvalue weighted by atomic mass is 9.90. The topological polar surface area (TPSA) is 39.7 Å². The quantitative estimate of drug-likeness (QED) is 0.635. The standard InChI is InChI=1S/C25H27NO3/c1-27-24-15-20-12-13-26-23(22(20)16-25(24)28-2)14-18-8-10-21(11-9-18)29-17-19-6-4-3-5-7-19/h3-11,15-16,23,26H,12-14,17H2,1-2H3/t23-/m0/s1. The first kappa shape index (κ1) is 19.3. The summed E-state index contributed by atoms with van der Waals surface area (Å²) in [5.41, 5.74) is 5.06. The van der Waals surface area contributed by atoms with E-state index in [0.717, 1.165) is 36.6 Å². The van der Waals surface area contributed by atoms with Gasteiger partial charge in [-0.1, -0.05) is 42.5 Å². The molecule has 1 aliphatic heterocycles. The fraction of sp³-hybridized carbons (Fsp3) is 0.280. The predicted molar refractivity (Wildman–Crippen MR) is 115 cm³/mol. The molecule has 0 aliphatic carbocycles. The van der Waals surface area contributed by atoms with Crippen molar-refractivity contribution in [3.8, 4) is 17.2 Å². The second-order valence-electron chi connectivity index (χ2n) is 7.29. The number of methoxy groups -OCH3 is 2. The van der Waals surface area contributed by atoms with E-state index in [9.17, 15) is 0 Å². The molecule has 0 fully saturated rings. The van der Waals surface area contributed by atoms with E-state index in [0.29, 0.717) is 6.61 Å².